The van der Waals surface area contributed by atoms with Crippen LogP contribution in [0.4, 0.5) is 13.2 Å². The topological polar surface area (TPSA) is 91.8 Å². The second kappa shape index (κ2) is 7.80. The number of piperidine rings is 1. The van der Waals surface area contributed by atoms with Gasteiger partial charge in [-0.05, 0) is 25.0 Å². The first kappa shape index (κ1) is 20.5. The molecule has 0 aliphatic carbocycles. The van der Waals surface area contributed by atoms with Crippen molar-refractivity contribution in [3.63, 3.8) is 0 Å². The van der Waals surface area contributed by atoms with E-state index < -0.39 is 21.8 Å². The molecule has 4 rings (SSSR count). The lowest BCUT2D eigenvalue weighted by Gasteiger charge is -2.31. The first-order valence-electron chi connectivity index (χ1n) is 9.24. The van der Waals surface area contributed by atoms with Crippen LogP contribution in [0.25, 0.3) is 11.3 Å². The number of benzene rings is 1. The van der Waals surface area contributed by atoms with E-state index in [1.165, 1.54) is 35.2 Å². The van der Waals surface area contributed by atoms with Crippen molar-refractivity contribution in [3.05, 3.63) is 60.3 Å². The normalized spacial score (nSPS) is 18.4. The van der Waals surface area contributed by atoms with Gasteiger partial charge < -0.3 is 0 Å². The smallest absolute Gasteiger partial charge is 0.284 e. The van der Waals surface area contributed by atoms with Gasteiger partial charge in [-0.3, -0.25) is 15.1 Å². The molecule has 0 spiro atoms. The monoisotopic (exact) mass is 437 g/mol. The zero-order valence-electron chi connectivity index (χ0n) is 15.7. The molecule has 0 unspecified atom stereocenters. The van der Waals surface area contributed by atoms with E-state index in [9.17, 15) is 21.6 Å². The van der Waals surface area contributed by atoms with Gasteiger partial charge in [0.1, 0.15) is 4.90 Å². The van der Waals surface area contributed by atoms with E-state index in [0.717, 1.165) is 12.1 Å². The fourth-order valence-corrected chi connectivity index (χ4v) is 5.06. The highest BCUT2D eigenvalue weighted by Crippen LogP contribution is 2.36. The van der Waals surface area contributed by atoms with E-state index in [1.807, 2.05) is 0 Å². The minimum absolute atomic E-state index is 0.0698. The maximum Gasteiger partial charge on any atom is 0.416 e. The number of rotatable bonds is 4. The van der Waals surface area contributed by atoms with Gasteiger partial charge in [0.15, 0.2) is 0 Å². The number of alkyl halides is 3. The van der Waals surface area contributed by atoms with Gasteiger partial charge in [-0.1, -0.05) is 12.1 Å². The Kier molecular flexibility index (Phi) is 5.33. The number of nitrogens with zero attached hydrogens (tertiary/aromatic N) is 4. The summed E-state index contributed by atoms with van der Waals surface area (Å²) in [7, 11) is -3.72. The van der Waals surface area contributed by atoms with Crippen molar-refractivity contribution >= 4 is 10.0 Å². The highest BCUT2D eigenvalue weighted by Gasteiger charge is 2.34. The Bertz CT molecular complexity index is 1130. The number of H-pyrrole nitrogens is 1. The summed E-state index contributed by atoms with van der Waals surface area (Å²) in [5, 5.41) is 6.19. The lowest BCUT2D eigenvalue weighted by atomic mass is 9.92. The third-order valence-corrected chi connectivity index (χ3v) is 6.90. The standard InChI is InChI=1S/C19H18F3N5O2S/c20-19(21,22)15-5-1-3-13(9-15)17-18(24-7-6-23-17)14-4-2-8-27(12-14)30(28,29)16-10-25-26-11-16/h1,3,5-7,9-11,14H,2,4,8,12H2,(H,25,26)/t14-/m1/s1. The Morgan fingerprint density at radius 2 is 1.97 bits per heavy atom. The number of aromatic amines is 1. The van der Waals surface area contributed by atoms with Crippen molar-refractivity contribution in [2.45, 2.75) is 29.8 Å². The van der Waals surface area contributed by atoms with Gasteiger partial charge in [-0.25, -0.2) is 8.42 Å². The summed E-state index contributed by atoms with van der Waals surface area (Å²) in [6.07, 6.45) is 2.23. The molecule has 2 aromatic heterocycles. The Labute approximate surface area is 171 Å². The van der Waals surface area contributed by atoms with Crippen molar-refractivity contribution in [1.29, 1.82) is 0 Å². The molecule has 1 aromatic carbocycles. The summed E-state index contributed by atoms with van der Waals surface area (Å²) in [5.41, 5.74) is 0.340. The molecule has 1 aliphatic heterocycles. The largest absolute Gasteiger partial charge is 0.416 e. The lowest BCUT2D eigenvalue weighted by Crippen LogP contribution is -2.39. The van der Waals surface area contributed by atoms with Crippen molar-refractivity contribution < 1.29 is 21.6 Å². The summed E-state index contributed by atoms with van der Waals surface area (Å²) in [5.74, 6) is -0.293. The predicted octanol–water partition coefficient (Wildman–Crippen LogP) is 3.45. The number of halogens is 3. The van der Waals surface area contributed by atoms with Gasteiger partial charge >= 0.3 is 6.18 Å². The zero-order chi connectivity index (χ0) is 21.4. The maximum atomic E-state index is 13.1. The van der Waals surface area contributed by atoms with Gasteiger partial charge in [0, 0.05) is 43.2 Å². The predicted molar refractivity (Wildman–Crippen MR) is 102 cm³/mol. The molecule has 0 radical (unpaired) electrons. The second-order valence-electron chi connectivity index (χ2n) is 7.00. The zero-order valence-corrected chi connectivity index (χ0v) is 16.5. The minimum Gasteiger partial charge on any atom is -0.284 e. The molecule has 7 nitrogen and oxygen atoms in total. The average molecular weight is 437 g/mol. The number of hydrogen-bond acceptors (Lipinski definition) is 5. The van der Waals surface area contributed by atoms with Crippen LogP contribution >= 0.6 is 0 Å². The Morgan fingerprint density at radius 3 is 2.70 bits per heavy atom. The number of hydrogen-bond donors (Lipinski definition) is 1. The van der Waals surface area contributed by atoms with Crippen molar-refractivity contribution in [3.8, 4) is 11.3 Å². The molecular formula is C19H18F3N5O2S. The molecule has 0 bridgehead atoms. The van der Waals surface area contributed by atoms with E-state index in [2.05, 4.69) is 20.2 Å². The van der Waals surface area contributed by atoms with Crippen LogP contribution in [-0.4, -0.2) is 46.0 Å². The summed E-state index contributed by atoms with van der Waals surface area (Å²) >= 11 is 0. The first-order valence-corrected chi connectivity index (χ1v) is 10.7. The highest BCUT2D eigenvalue weighted by molar-refractivity contribution is 7.89. The van der Waals surface area contributed by atoms with Crippen LogP contribution in [0.5, 0.6) is 0 Å². The summed E-state index contributed by atoms with van der Waals surface area (Å²) in [6.45, 7) is 0.515. The van der Waals surface area contributed by atoms with Gasteiger partial charge in [0.2, 0.25) is 10.0 Å². The molecule has 30 heavy (non-hydrogen) atoms. The summed E-state index contributed by atoms with van der Waals surface area (Å²) < 4.78 is 66.5. The molecule has 158 valence electrons. The minimum atomic E-state index is -4.47. The quantitative estimate of drug-likeness (QED) is 0.675. The Hall–Kier alpha value is -2.79. The van der Waals surface area contributed by atoms with Crippen molar-refractivity contribution in [2.24, 2.45) is 0 Å². The van der Waals surface area contributed by atoms with Gasteiger partial charge in [-0.15, -0.1) is 0 Å². The Morgan fingerprint density at radius 1 is 1.17 bits per heavy atom. The fourth-order valence-electron chi connectivity index (χ4n) is 3.63. The SMILES string of the molecule is O=S(=O)(c1cn[nH]c1)N1CCC[C@@H](c2nccnc2-c2cccc(C(F)(F)F)c2)C1. The molecule has 1 fully saturated rings. The van der Waals surface area contributed by atoms with Crippen LogP contribution in [-0.2, 0) is 16.2 Å². The van der Waals surface area contributed by atoms with E-state index >= 15 is 0 Å². The molecule has 3 aromatic rings. The molecular weight excluding hydrogens is 419 g/mol. The fraction of sp³-hybridized carbons (Fsp3) is 0.316. The van der Waals surface area contributed by atoms with Crippen LogP contribution in [0.3, 0.4) is 0 Å². The van der Waals surface area contributed by atoms with Crippen LogP contribution < -0.4 is 0 Å². The summed E-state index contributed by atoms with van der Waals surface area (Å²) in [4.78, 5) is 8.71. The third-order valence-electron chi connectivity index (χ3n) is 5.07. The van der Waals surface area contributed by atoms with Crippen molar-refractivity contribution in [2.75, 3.05) is 13.1 Å². The molecule has 0 saturated carbocycles. The van der Waals surface area contributed by atoms with Gasteiger partial charge in [0.05, 0.1) is 23.1 Å². The van der Waals surface area contributed by atoms with Crippen LogP contribution in [0, 0.1) is 0 Å². The van der Waals surface area contributed by atoms with E-state index in [1.54, 1.807) is 6.07 Å². The average Bonchev–Trinajstić information content (AvgIpc) is 3.29. The lowest BCUT2D eigenvalue weighted by molar-refractivity contribution is -0.137. The molecule has 1 atom stereocenters. The van der Waals surface area contributed by atoms with E-state index in [4.69, 9.17) is 0 Å². The molecule has 11 heteroatoms. The first-order chi connectivity index (χ1) is 14.3. The van der Waals surface area contributed by atoms with Gasteiger partial charge in [0.25, 0.3) is 0 Å². The number of sulfonamides is 1. The molecule has 3 heterocycles. The van der Waals surface area contributed by atoms with E-state index in [0.29, 0.717) is 36.3 Å². The Balaban J connectivity index is 1.68. The van der Waals surface area contributed by atoms with Crippen molar-refractivity contribution in [1.82, 2.24) is 24.5 Å². The highest BCUT2D eigenvalue weighted by atomic mass is 32.2. The number of aromatic nitrogens is 4. The molecule has 1 N–H and O–H groups in total. The van der Waals surface area contributed by atoms with E-state index in [-0.39, 0.29) is 17.4 Å². The summed E-state index contributed by atoms with van der Waals surface area (Å²) in [6, 6.07) is 4.91. The van der Waals surface area contributed by atoms with Crippen LogP contribution in [0.15, 0.2) is 53.9 Å². The van der Waals surface area contributed by atoms with Crippen LogP contribution in [0.2, 0.25) is 0 Å². The van der Waals surface area contributed by atoms with Gasteiger partial charge in [-0.2, -0.15) is 22.6 Å². The maximum absolute atomic E-state index is 13.1. The molecule has 0 amide bonds. The molecule has 1 aliphatic rings. The second-order valence-corrected chi connectivity index (χ2v) is 8.94. The molecule has 1 saturated heterocycles. The van der Waals surface area contributed by atoms with Crippen LogP contribution in [0.1, 0.15) is 30.0 Å². The number of nitrogens with one attached hydrogen (secondary N) is 1. The third kappa shape index (κ3) is 3.94.